The van der Waals surface area contributed by atoms with Crippen molar-refractivity contribution in [2.24, 2.45) is 0 Å². The van der Waals surface area contributed by atoms with Crippen molar-refractivity contribution in [3.8, 4) is 5.69 Å². The molecule has 1 aromatic carbocycles. The second-order valence-corrected chi connectivity index (χ2v) is 7.77. The summed E-state index contributed by atoms with van der Waals surface area (Å²) >= 11 is 0. The number of rotatable bonds is 4. The molecule has 1 aliphatic rings. The van der Waals surface area contributed by atoms with E-state index in [0.29, 0.717) is 22.6 Å². The van der Waals surface area contributed by atoms with E-state index in [4.69, 9.17) is 0 Å². The number of pyridine rings is 1. The van der Waals surface area contributed by atoms with E-state index in [1.807, 2.05) is 13.0 Å². The van der Waals surface area contributed by atoms with Crippen LogP contribution in [0.2, 0.25) is 0 Å². The molecule has 0 spiro atoms. The van der Waals surface area contributed by atoms with Gasteiger partial charge in [-0.1, -0.05) is 12.1 Å². The van der Waals surface area contributed by atoms with Crippen molar-refractivity contribution >= 4 is 17.6 Å². The maximum atomic E-state index is 13.3. The summed E-state index contributed by atoms with van der Waals surface area (Å²) in [5, 5.41) is 13.9. The number of nitrogens with zero attached hydrogens (tertiary/aromatic N) is 7. The van der Waals surface area contributed by atoms with E-state index in [2.05, 4.69) is 25.8 Å². The molecule has 1 aliphatic heterocycles. The number of urea groups is 1. The summed E-state index contributed by atoms with van der Waals surface area (Å²) in [7, 11) is 0. The summed E-state index contributed by atoms with van der Waals surface area (Å²) in [5.74, 6) is -0.442. The average Bonchev–Trinajstić information content (AvgIpc) is 3.38. The van der Waals surface area contributed by atoms with E-state index in [1.54, 1.807) is 43.5 Å². The number of fused-ring (bicyclic) bond motifs is 1. The highest BCUT2D eigenvalue weighted by molar-refractivity contribution is 6.07. The number of aromatic nitrogens is 6. The van der Waals surface area contributed by atoms with Gasteiger partial charge in [0.05, 0.1) is 17.9 Å². The maximum absolute atomic E-state index is 13.3. The molecule has 0 bridgehead atoms. The zero-order chi connectivity index (χ0) is 22.5. The summed E-state index contributed by atoms with van der Waals surface area (Å²) < 4.78 is 2.87. The van der Waals surface area contributed by atoms with Crippen LogP contribution in [-0.2, 0) is 16.9 Å². The first-order chi connectivity index (χ1) is 15.3. The number of amides is 3. The summed E-state index contributed by atoms with van der Waals surface area (Å²) in [6.45, 7) is 3.41. The Balaban J connectivity index is 1.47. The van der Waals surface area contributed by atoms with Crippen molar-refractivity contribution in [1.82, 2.24) is 39.8 Å². The van der Waals surface area contributed by atoms with Crippen molar-refractivity contribution in [2.75, 3.05) is 0 Å². The van der Waals surface area contributed by atoms with Crippen LogP contribution >= 0.6 is 0 Å². The third-order valence-corrected chi connectivity index (χ3v) is 5.51. The normalized spacial score (nSPS) is 18.4. The molecule has 4 heterocycles. The van der Waals surface area contributed by atoms with E-state index in [-0.39, 0.29) is 12.1 Å². The van der Waals surface area contributed by atoms with E-state index in [0.717, 1.165) is 10.5 Å². The third-order valence-electron chi connectivity index (χ3n) is 5.51. The molecule has 32 heavy (non-hydrogen) atoms. The Kier molecular flexibility index (Phi) is 4.33. The first-order valence-electron chi connectivity index (χ1n) is 9.82. The Morgan fingerprint density at radius 2 is 1.94 bits per heavy atom. The predicted molar refractivity (Wildman–Crippen MR) is 112 cm³/mol. The SMILES string of the molecule is Cc1ccn2c(=O)cc(CN3C(=O)N[C@](C)(c4cccc(-n5cnnn5)c4)C3=O)nc2c1. The lowest BCUT2D eigenvalue weighted by Crippen LogP contribution is -2.41. The number of nitrogens with one attached hydrogen (secondary N) is 1. The van der Waals surface area contributed by atoms with Crippen LogP contribution in [0.15, 0.2) is 59.8 Å². The predicted octanol–water partition coefficient (Wildman–Crippen LogP) is 0.946. The lowest BCUT2D eigenvalue weighted by molar-refractivity contribution is -0.131. The van der Waals surface area contributed by atoms with Gasteiger partial charge in [-0.05, 0) is 59.7 Å². The quantitative estimate of drug-likeness (QED) is 0.478. The second kappa shape index (κ2) is 7.08. The molecule has 1 saturated heterocycles. The number of benzene rings is 1. The van der Waals surface area contributed by atoms with Crippen LogP contribution in [0.1, 0.15) is 23.7 Å². The van der Waals surface area contributed by atoms with Crippen LogP contribution in [0.25, 0.3) is 11.3 Å². The minimum atomic E-state index is -1.29. The van der Waals surface area contributed by atoms with Gasteiger partial charge in [0.15, 0.2) is 0 Å². The fourth-order valence-electron chi connectivity index (χ4n) is 3.77. The number of hydrogen-bond acceptors (Lipinski definition) is 7. The van der Waals surface area contributed by atoms with Gasteiger partial charge in [0.25, 0.3) is 11.5 Å². The first-order valence-corrected chi connectivity index (χ1v) is 9.82. The minimum Gasteiger partial charge on any atom is -0.319 e. The fourth-order valence-corrected chi connectivity index (χ4v) is 3.77. The topological polar surface area (TPSA) is 127 Å². The van der Waals surface area contributed by atoms with E-state index < -0.39 is 17.5 Å². The van der Waals surface area contributed by atoms with Gasteiger partial charge in [0.2, 0.25) is 0 Å². The highest BCUT2D eigenvalue weighted by atomic mass is 16.2. The molecule has 160 valence electrons. The van der Waals surface area contributed by atoms with Gasteiger partial charge < -0.3 is 5.32 Å². The molecule has 3 aromatic heterocycles. The molecule has 1 N–H and O–H groups in total. The number of carbonyl (C=O) groups excluding carboxylic acids is 2. The molecule has 3 amide bonds. The molecular formula is C21H18N8O3. The van der Waals surface area contributed by atoms with Crippen molar-refractivity contribution < 1.29 is 9.59 Å². The Hall–Kier alpha value is -4.41. The Bertz CT molecular complexity index is 1430. The molecule has 5 rings (SSSR count). The highest BCUT2D eigenvalue weighted by Gasteiger charge is 2.49. The molecular weight excluding hydrogens is 412 g/mol. The summed E-state index contributed by atoms with van der Waals surface area (Å²) in [5.41, 5.74) is 1.38. The van der Waals surface area contributed by atoms with Crippen molar-refractivity contribution in [1.29, 1.82) is 0 Å². The minimum absolute atomic E-state index is 0.118. The lowest BCUT2D eigenvalue weighted by Gasteiger charge is -2.22. The number of aryl methyl sites for hydroxylation is 1. The molecule has 4 aromatic rings. The van der Waals surface area contributed by atoms with E-state index in [1.165, 1.54) is 21.5 Å². The zero-order valence-corrected chi connectivity index (χ0v) is 17.3. The molecule has 0 aliphatic carbocycles. The van der Waals surface area contributed by atoms with Crippen molar-refractivity contribution in [3.63, 3.8) is 0 Å². The number of hydrogen-bond donors (Lipinski definition) is 1. The van der Waals surface area contributed by atoms with Crippen LogP contribution in [0.3, 0.4) is 0 Å². The largest absolute Gasteiger partial charge is 0.325 e. The molecule has 1 fully saturated rings. The summed E-state index contributed by atoms with van der Waals surface area (Å²) in [6.07, 6.45) is 3.08. The monoisotopic (exact) mass is 430 g/mol. The molecule has 0 radical (unpaired) electrons. The van der Waals surface area contributed by atoms with Crippen LogP contribution in [0.4, 0.5) is 4.79 Å². The van der Waals surface area contributed by atoms with Gasteiger partial charge in [-0.2, -0.15) is 0 Å². The van der Waals surface area contributed by atoms with Crippen LogP contribution in [-0.4, -0.2) is 46.4 Å². The van der Waals surface area contributed by atoms with Gasteiger partial charge >= 0.3 is 6.03 Å². The van der Waals surface area contributed by atoms with Crippen molar-refractivity contribution in [2.45, 2.75) is 25.9 Å². The smallest absolute Gasteiger partial charge is 0.319 e. The number of tetrazole rings is 1. The summed E-state index contributed by atoms with van der Waals surface area (Å²) in [6, 6.07) is 11.4. The maximum Gasteiger partial charge on any atom is 0.325 e. The number of imide groups is 1. The van der Waals surface area contributed by atoms with Gasteiger partial charge in [-0.25, -0.2) is 14.5 Å². The Morgan fingerprint density at radius 3 is 2.72 bits per heavy atom. The van der Waals surface area contributed by atoms with Crippen molar-refractivity contribution in [3.05, 3.63) is 82.2 Å². The van der Waals surface area contributed by atoms with Gasteiger partial charge in [-0.15, -0.1) is 5.10 Å². The van der Waals surface area contributed by atoms with Crippen LogP contribution < -0.4 is 10.9 Å². The van der Waals surface area contributed by atoms with E-state index >= 15 is 0 Å². The zero-order valence-electron chi connectivity index (χ0n) is 17.3. The highest BCUT2D eigenvalue weighted by Crippen LogP contribution is 2.30. The van der Waals surface area contributed by atoms with E-state index in [9.17, 15) is 14.4 Å². The molecule has 0 saturated carbocycles. The summed E-state index contributed by atoms with van der Waals surface area (Å²) in [4.78, 5) is 44.0. The number of carbonyl (C=O) groups is 2. The Labute approximate surface area is 181 Å². The first kappa shape index (κ1) is 19.5. The standard InChI is InChI=1S/C21H18N8O3/c1-13-6-7-27-17(8-13)23-15(10-18(27)30)11-28-19(31)21(2,24-20(28)32)14-4-3-5-16(9-14)29-12-22-25-26-29/h3-10,12H,11H2,1-2H3,(H,24,32)/t21-/m1/s1. The molecule has 11 nitrogen and oxygen atoms in total. The third kappa shape index (κ3) is 3.11. The van der Waals surface area contributed by atoms with Crippen LogP contribution in [0, 0.1) is 6.92 Å². The second-order valence-electron chi connectivity index (χ2n) is 7.77. The molecule has 11 heteroatoms. The molecule has 1 atom stereocenters. The Morgan fingerprint density at radius 1 is 1.09 bits per heavy atom. The van der Waals surface area contributed by atoms with Gasteiger partial charge in [0, 0.05) is 12.3 Å². The fraction of sp³-hybridized carbons (Fsp3) is 0.190. The lowest BCUT2D eigenvalue weighted by atomic mass is 9.91. The van der Waals surface area contributed by atoms with Gasteiger partial charge in [-0.3, -0.25) is 18.9 Å². The van der Waals surface area contributed by atoms with Crippen LogP contribution in [0.5, 0.6) is 0 Å². The van der Waals surface area contributed by atoms with Gasteiger partial charge in [0.1, 0.15) is 17.5 Å². The average molecular weight is 430 g/mol. The molecule has 0 unspecified atom stereocenters.